The summed E-state index contributed by atoms with van der Waals surface area (Å²) in [6.45, 7) is 3.92. The van der Waals surface area contributed by atoms with Crippen molar-refractivity contribution < 1.29 is 4.39 Å². The number of hydrogen-bond donors (Lipinski definition) is 1. The van der Waals surface area contributed by atoms with E-state index in [-0.39, 0.29) is 5.82 Å². The lowest BCUT2D eigenvalue weighted by molar-refractivity contribution is 0.470. The van der Waals surface area contributed by atoms with Crippen LogP contribution in [0.3, 0.4) is 0 Å². The molecule has 0 bridgehead atoms. The van der Waals surface area contributed by atoms with Crippen molar-refractivity contribution in [3.8, 4) is 0 Å². The Morgan fingerprint density at radius 3 is 3.12 bits per heavy atom. The van der Waals surface area contributed by atoms with Gasteiger partial charge in [0.25, 0.3) is 0 Å². The highest BCUT2D eigenvalue weighted by Crippen LogP contribution is 2.21. The Bertz CT molecular complexity index is 541. The largest absolute Gasteiger partial charge is 0.312 e. The molecule has 1 atom stereocenters. The number of nitrogens with zero attached hydrogens (tertiary/aromatic N) is 2. The molecule has 0 spiro atoms. The van der Waals surface area contributed by atoms with Gasteiger partial charge in [-0.1, -0.05) is 12.1 Å². The van der Waals surface area contributed by atoms with Gasteiger partial charge in [0, 0.05) is 17.1 Å². The molecule has 1 aliphatic rings. The number of rotatable bonds is 2. The molecule has 3 rings (SSSR count). The fourth-order valence-corrected chi connectivity index (χ4v) is 2.54. The van der Waals surface area contributed by atoms with Gasteiger partial charge in [0.2, 0.25) is 0 Å². The van der Waals surface area contributed by atoms with Gasteiger partial charge in [-0.3, -0.25) is 4.68 Å². The number of benzene rings is 1. The van der Waals surface area contributed by atoms with Crippen molar-refractivity contribution in [3.05, 3.63) is 29.7 Å². The summed E-state index contributed by atoms with van der Waals surface area (Å²) < 4.78 is 15.5. The van der Waals surface area contributed by atoms with E-state index in [1.807, 2.05) is 17.7 Å². The molecule has 1 fully saturated rings. The number of aryl methyl sites for hydroxylation is 1. The first-order chi connectivity index (χ1) is 8.25. The molecule has 0 saturated carbocycles. The van der Waals surface area contributed by atoms with Crippen LogP contribution in [-0.4, -0.2) is 22.4 Å². The Labute approximate surface area is 99.6 Å². The maximum absolute atomic E-state index is 13.6. The van der Waals surface area contributed by atoms with Gasteiger partial charge in [-0.15, -0.1) is 0 Å². The zero-order valence-corrected chi connectivity index (χ0v) is 9.91. The fraction of sp³-hybridized carbons (Fsp3) is 0.462. The highest BCUT2D eigenvalue weighted by molar-refractivity contribution is 5.81. The number of fused-ring (bicyclic) bond motifs is 1. The molecule has 0 amide bonds. The molecule has 17 heavy (non-hydrogen) atoms. The van der Waals surface area contributed by atoms with Gasteiger partial charge in [0.05, 0.1) is 6.54 Å². The Hall–Kier alpha value is -1.42. The summed E-state index contributed by atoms with van der Waals surface area (Å²) in [5.41, 5.74) is 1.54. The zero-order valence-electron chi connectivity index (χ0n) is 9.91. The molecule has 1 N–H and O–H groups in total. The first kappa shape index (κ1) is 10.7. The van der Waals surface area contributed by atoms with Crippen molar-refractivity contribution in [1.29, 1.82) is 0 Å². The minimum absolute atomic E-state index is 0.233. The molecule has 4 heteroatoms. The summed E-state index contributed by atoms with van der Waals surface area (Å²) in [7, 11) is 0. The molecule has 1 aromatic carbocycles. The molecule has 2 aromatic rings. The van der Waals surface area contributed by atoms with Crippen molar-refractivity contribution in [1.82, 2.24) is 15.1 Å². The number of aromatic nitrogens is 2. The normalized spacial score (nSPS) is 20.2. The average Bonchev–Trinajstić information content (AvgIpc) is 2.92. The summed E-state index contributed by atoms with van der Waals surface area (Å²) in [4.78, 5) is 0. The van der Waals surface area contributed by atoms with E-state index >= 15 is 0 Å². The maximum atomic E-state index is 13.6. The number of halogens is 1. The van der Waals surface area contributed by atoms with Crippen LogP contribution in [0.5, 0.6) is 0 Å². The van der Waals surface area contributed by atoms with E-state index in [9.17, 15) is 4.39 Å². The molecule has 1 unspecified atom stereocenters. The predicted molar refractivity (Wildman–Crippen MR) is 65.5 cm³/mol. The Kier molecular flexibility index (Phi) is 2.59. The lowest BCUT2D eigenvalue weighted by Gasteiger charge is -2.11. The van der Waals surface area contributed by atoms with Gasteiger partial charge in [0.15, 0.2) is 5.82 Å². The van der Waals surface area contributed by atoms with Crippen LogP contribution in [0.4, 0.5) is 4.39 Å². The van der Waals surface area contributed by atoms with E-state index in [1.54, 1.807) is 6.07 Å². The Morgan fingerprint density at radius 1 is 1.53 bits per heavy atom. The standard InChI is InChI=1S/C13H16FN3/c1-9-11-5-2-6-12(14)13(11)16-17(9)8-10-4-3-7-15-10/h2,5-6,10,15H,3-4,7-8H2,1H3. The minimum atomic E-state index is -0.233. The second kappa shape index (κ2) is 4.11. The molecular formula is C13H16FN3. The van der Waals surface area contributed by atoms with Crippen LogP contribution in [0.25, 0.3) is 10.9 Å². The van der Waals surface area contributed by atoms with Crippen molar-refractivity contribution in [2.24, 2.45) is 0 Å². The van der Waals surface area contributed by atoms with Gasteiger partial charge in [-0.2, -0.15) is 5.10 Å². The Morgan fingerprint density at radius 2 is 2.41 bits per heavy atom. The van der Waals surface area contributed by atoms with Crippen LogP contribution in [-0.2, 0) is 6.54 Å². The highest BCUT2D eigenvalue weighted by atomic mass is 19.1. The van der Waals surface area contributed by atoms with Gasteiger partial charge in [-0.05, 0) is 32.4 Å². The molecule has 2 heterocycles. The lowest BCUT2D eigenvalue weighted by Crippen LogP contribution is -2.27. The minimum Gasteiger partial charge on any atom is -0.312 e. The highest BCUT2D eigenvalue weighted by Gasteiger charge is 2.17. The van der Waals surface area contributed by atoms with Crippen molar-refractivity contribution in [2.75, 3.05) is 6.54 Å². The second-order valence-electron chi connectivity index (χ2n) is 4.70. The van der Waals surface area contributed by atoms with E-state index in [0.717, 1.165) is 24.2 Å². The third kappa shape index (κ3) is 1.82. The first-order valence-electron chi connectivity index (χ1n) is 6.11. The van der Waals surface area contributed by atoms with Crippen LogP contribution < -0.4 is 5.32 Å². The zero-order chi connectivity index (χ0) is 11.8. The third-order valence-electron chi connectivity index (χ3n) is 3.54. The van der Waals surface area contributed by atoms with Crippen molar-refractivity contribution in [3.63, 3.8) is 0 Å². The second-order valence-corrected chi connectivity index (χ2v) is 4.70. The van der Waals surface area contributed by atoms with Crippen LogP contribution in [0.15, 0.2) is 18.2 Å². The smallest absolute Gasteiger partial charge is 0.151 e. The first-order valence-corrected chi connectivity index (χ1v) is 6.11. The van der Waals surface area contributed by atoms with E-state index in [4.69, 9.17) is 0 Å². The van der Waals surface area contributed by atoms with Crippen LogP contribution in [0.1, 0.15) is 18.5 Å². The van der Waals surface area contributed by atoms with Gasteiger partial charge < -0.3 is 5.32 Å². The third-order valence-corrected chi connectivity index (χ3v) is 3.54. The number of nitrogens with one attached hydrogen (secondary N) is 1. The van der Waals surface area contributed by atoms with Crippen LogP contribution in [0.2, 0.25) is 0 Å². The van der Waals surface area contributed by atoms with Crippen LogP contribution in [0, 0.1) is 12.7 Å². The summed E-state index contributed by atoms with van der Waals surface area (Å²) in [5.74, 6) is -0.233. The summed E-state index contributed by atoms with van der Waals surface area (Å²) in [5, 5.41) is 8.73. The van der Waals surface area contributed by atoms with Crippen molar-refractivity contribution in [2.45, 2.75) is 32.4 Å². The molecule has 1 saturated heterocycles. The van der Waals surface area contributed by atoms with Gasteiger partial charge in [0.1, 0.15) is 5.52 Å². The van der Waals surface area contributed by atoms with Gasteiger partial charge >= 0.3 is 0 Å². The van der Waals surface area contributed by atoms with E-state index in [1.165, 1.54) is 18.9 Å². The van der Waals surface area contributed by atoms with Gasteiger partial charge in [-0.25, -0.2) is 4.39 Å². The quantitative estimate of drug-likeness (QED) is 0.862. The average molecular weight is 233 g/mol. The van der Waals surface area contributed by atoms with E-state index < -0.39 is 0 Å². The monoisotopic (exact) mass is 233 g/mol. The molecule has 1 aromatic heterocycles. The van der Waals surface area contributed by atoms with Crippen LogP contribution >= 0.6 is 0 Å². The molecule has 3 nitrogen and oxygen atoms in total. The summed E-state index contributed by atoms with van der Waals surface area (Å²) in [6.07, 6.45) is 2.40. The van der Waals surface area contributed by atoms with Crippen molar-refractivity contribution >= 4 is 10.9 Å². The summed E-state index contributed by atoms with van der Waals surface area (Å²) in [6, 6.07) is 5.61. The molecule has 90 valence electrons. The maximum Gasteiger partial charge on any atom is 0.151 e. The van der Waals surface area contributed by atoms with E-state index in [2.05, 4.69) is 10.4 Å². The molecule has 0 radical (unpaired) electrons. The number of hydrogen-bond acceptors (Lipinski definition) is 2. The molecule has 1 aliphatic heterocycles. The molecule has 0 aliphatic carbocycles. The summed E-state index contributed by atoms with van der Waals surface area (Å²) >= 11 is 0. The SMILES string of the molecule is Cc1c2cccc(F)c2nn1CC1CCCN1. The Balaban J connectivity index is 1.99. The van der Waals surface area contributed by atoms with E-state index in [0.29, 0.717) is 11.6 Å². The molecular weight excluding hydrogens is 217 g/mol. The fourth-order valence-electron chi connectivity index (χ4n) is 2.54. The predicted octanol–water partition coefficient (Wildman–Crippen LogP) is 2.24. The lowest BCUT2D eigenvalue weighted by atomic mass is 10.2. The topological polar surface area (TPSA) is 29.9 Å².